The number of nitrogens with zero attached hydrogens (tertiary/aromatic N) is 3. The van der Waals surface area contributed by atoms with Gasteiger partial charge in [0.05, 0.1) is 0 Å². The van der Waals surface area contributed by atoms with Crippen LogP contribution in [0.25, 0.3) is 0 Å². The summed E-state index contributed by atoms with van der Waals surface area (Å²) in [5.41, 5.74) is 5.17. The van der Waals surface area contributed by atoms with Crippen LogP contribution in [0.1, 0.15) is 33.1 Å². The van der Waals surface area contributed by atoms with Crippen molar-refractivity contribution < 1.29 is 4.74 Å². The van der Waals surface area contributed by atoms with Crippen LogP contribution in [-0.4, -0.2) is 76.8 Å². The molecule has 30 heavy (non-hydrogen) atoms. The quantitative estimate of drug-likeness (QED) is 0.380. The van der Waals surface area contributed by atoms with E-state index in [4.69, 9.17) is 4.74 Å². The van der Waals surface area contributed by atoms with Crippen molar-refractivity contribution in [3.63, 3.8) is 0 Å². The van der Waals surface area contributed by atoms with Crippen LogP contribution in [0.2, 0.25) is 0 Å². The molecule has 0 radical (unpaired) electrons. The van der Waals surface area contributed by atoms with Crippen molar-refractivity contribution in [3.05, 3.63) is 47.3 Å². The smallest absolute Gasteiger partial charge is 0.199 e. The lowest BCUT2D eigenvalue weighted by Crippen LogP contribution is -2.41. The Hall–Kier alpha value is -1.89. The first-order chi connectivity index (χ1) is 14.3. The number of hydrogen-bond donors (Lipinski definition) is 2. The second-order valence-electron chi connectivity index (χ2n) is 8.95. The van der Waals surface area contributed by atoms with E-state index in [-0.39, 0.29) is 5.41 Å². The number of aliphatic imine (C=N–C) groups is 1. The first kappa shape index (κ1) is 24.4. The van der Waals surface area contributed by atoms with Crippen molar-refractivity contribution in [2.45, 2.75) is 33.1 Å². The number of likely N-dealkylation sites (tertiary alicyclic amines) is 1. The number of allylic oxidation sites excluding steroid dienone is 2. The summed E-state index contributed by atoms with van der Waals surface area (Å²) in [4.78, 5) is 9.07. The van der Waals surface area contributed by atoms with Crippen LogP contribution < -0.4 is 10.6 Å². The minimum atomic E-state index is 0.142. The Morgan fingerprint density at radius 2 is 2.00 bits per heavy atom. The van der Waals surface area contributed by atoms with E-state index in [1.807, 2.05) is 6.08 Å². The van der Waals surface area contributed by atoms with E-state index >= 15 is 0 Å². The zero-order valence-electron chi connectivity index (χ0n) is 19.8. The molecule has 2 rings (SSSR count). The molecule has 0 bridgehead atoms. The van der Waals surface area contributed by atoms with Gasteiger partial charge in [0.15, 0.2) is 5.96 Å². The lowest BCUT2D eigenvalue weighted by Gasteiger charge is -2.40. The fourth-order valence-corrected chi connectivity index (χ4v) is 4.03. The van der Waals surface area contributed by atoms with Gasteiger partial charge in [0, 0.05) is 52.3 Å². The second-order valence-corrected chi connectivity index (χ2v) is 8.95. The average molecular weight is 416 g/mol. The van der Waals surface area contributed by atoms with E-state index in [0.717, 1.165) is 57.7 Å². The van der Waals surface area contributed by atoms with Gasteiger partial charge in [-0.15, -0.1) is 0 Å². The molecule has 6 heteroatoms. The third kappa shape index (κ3) is 7.11. The summed E-state index contributed by atoms with van der Waals surface area (Å²) < 4.78 is 5.35. The number of ether oxygens (including phenoxy) is 1. The molecule has 1 atom stereocenters. The molecule has 0 unspecified atom stereocenters. The van der Waals surface area contributed by atoms with E-state index in [1.165, 1.54) is 16.7 Å². The summed E-state index contributed by atoms with van der Waals surface area (Å²) in [5.74, 6) is 0.702. The molecule has 2 aliphatic rings. The Bertz CT molecular complexity index is 717. The highest BCUT2D eigenvalue weighted by atomic mass is 16.5. The third-order valence-electron chi connectivity index (χ3n) is 6.31. The number of rotatable bonds is 7. The van der Waals surface area contributed by atoms with Gasteiger partial charge in [-0.1, -0.05) is 25.2 Å². The van der Waals surface area contributed by atoms with Crippen molar-refractivity contribution in [1.82, 2.24) is 20.4 Å². The number of guanidine groups is 1. The summed E-state index contributed by atoms with van der Waals surface area (Å²) in [7, 11) is 7.89. The predicted molar refractivity (Wildman–Crippen MR) is 128 cm³/mol. The van der Waals surface area contributed by atoms with Gasteiger partial charge in [-0.25, -0.2) is 0 Å². The summed E-state index contributed by atoms with van der Waals surface area (Å²) in [6.07, 6.45) is 9.57. The van der Waals surface area contributed by atoms with Crippen LogP contribution in [0, 0.1) is 5.41 Å². The SMILES string of the molecule is C=C(/C=C\C1=C(C)CN(C)CC1)NC(=NC)N/C=C1\CN(C)CC[C@@]1(C)CCOC. The molecule has 0 aromatic rings. The molecule has 0 aromatic carbocycles. The largest absolute Gasteiger partial charge is 0.385 e. The molecule has 0 aromatic heterocycles. The highest BCUT2D eigenvalue weighted by Gasteiger charge is 2.33. The van der Waals surface area contributed by atoms with Gasteiger partial charge in [-0.2, -0.15) is 0 Å². The molecule has 2 aliphatic heterocycles. The first-order valence-electron chi connectivity index (χ1n) is 10.9. The summed E-state index contributed by atoms with van der Waals surface area (Å²) in [6.45, 7) is 13.7. The van der Waals surface area contributed by atoms with E-state index in [1.54, 1.807) is 14.2 Å². The van der Waals surface area contributed by atoms with Gasteiger partial charge < -0.3 is 25.2 Å². The molecule has 1 fully saturated rings. The molecule has 6 nitrogen and oxygen atoms in total. The maximum absolute atomic E-state index is 5.35. The lowest BCUT2D eigenvalue weighted by atomic mass is 9.74. The average Bonchev–Trinajstić information content (AvgIpc) is 2.71. The Kier molecular flexibility index (Phi) is 9.34. The molecular weight excluding hydrogens is 374 g/mol. The maximum Gasteiger partial charge on any atom is 0.199 e. The molecule has 2 N–H and O–H groups in total. The van der Waals surface area contributed by atoms with Crippen LogP contribution in [0.3, 0.4) is 0 Å². The Labute approximate surface area is 183 Å². The van der Waals surface area contributed by atoms with Crippen molar-refractivity contribution in [1.29, 1.82) is 0 Å². The zero-order chi connectivity index (χ0) is 22.1. The topological polar surface area (TPSA) is 52.1 Å². The molecule has 1 saturated heterocycles. The maximum atomic E-state index is 5.35. The molecule has 0 aliphatic carbocycles. The Morgan fingerprint density at radius 1 is 1.27 bits per heavy atom. The van der Waals surface area contributed by atoms with Crippen LogP contribution in [0.5, 0.6) is 0 Å². The zero-order valence-corrected chi connectivity index (χ0v) is 19.8. The number of hydrogen-bond acceptors (Lipinski definition) is 4. The number of likely N-dealkylation sites (N-methyl/N-ethyl adjacent to an activating group) is 2. The van der Waals surface area contributed by atoms with Gasteiger partial charge in [0.25, 0.3) is 0 Å². The van der Waals surface area contributed by atoms with Crippen molar-refractivity contribution in [2.75, 3.05) is 61.0 Å². The fourth-order valence-electron chi connectivity index (χ4n) is 4.03. The Morgan fingerprint density at radius 3 is 2.67 bits per heavy atom. The highest BCUT2D eigenvalue weighted by Crippen LogP contribution is 2.38. The predicted octanol–water partition coefficient (Wildman–Crippen LogP) is 3.14. The van der Waals surface area contributed by atoms with Crippen LogP contribution in [-0.2, 0) is 4.74 Å². The monoisotopic (exact) mass is 415 g/mol. The minimum Gasteiger partial charge on any atom is -0.385 e. The van der Waals surface area contributed by atoms with Crippen LogP contribution >= 0.6 is 0 Å². The van der Waals surface area contributed by atoms with Crippen LogP contribution in [0.4, 0.5) is 0 Å². The van der Waals surface area contributed by atoms with E-state index in [2.05, 4.69) is 72.2 Å². The summed E-state index contributed by atoms with van der Waals surface area (Å²) >= 11 is 0. The number of methoxy groups -OCH3 is 1. The second kappa shape index (κ2) is 11.5. The van der Waals surface area contributed by atoms with Crippen LogP contribution in [0.15, 0.2) is 52.3 Å². The van der Waals surface area contributed by atoms with Gasteiger partial charge in [-0.3, -0.25) is 4.99 Å². The molecule has 0 saturated carbocycles. The normalized spacial score (nSPS) is 25.9. The highest BCUT2D eigenvalue weighted by molar-refractivity contribution is 5.82. The Balaban J connectivity index is 1.99. The minimum absolute atomic E-state index is 0.142. The van der Waals surface area contributed by atoms with Gasteiger partial charge in [0.2, 0.25) is 0 Å². The van der Waals surface area contributed by atoms with Gasteiger partial charge in [-0.05, 0) is 69.5 Å². The summed E-state index contributed by atoms with van der Waals surface area (Å²) in [6, 6.07) is 0. The number of nitrogens with one attached hydrogen (secondary N) is 2. The van der Waals surface area contributed by atoms with E-state index in [0.29, 0.717) is 5.96 Å². The molecule has 0 spiro atoms. The van der Waals surface area contributed by atoms with Gasteiger partial charge >= 0.3 is 0 Å². The molecule has 0 amide bonds. The molecule has 168 valence electrons. The number of piperidine rings is 1. The van der Waals surface area contributed by atoms with E-state index < -0.39 is 0 Å². The third-order valence-corrected chi connectivity index (χ3v) is 6.31. The van der Waals surface area contributed by atoms with E-state index in [9.17, 15) is 0 Å². The molecule has 2 heterocycles. The van der Waals surface area contributed by atoms with Crippen molar-refractivity contribution in [2.24, 2.45) is 10.4 Å². The van der Waals surface area contributed by atoms with Crippen molar-refractivity contribution in [3.8, 4) is 0 Å². The first-order valence-corrected chi connectivity index (χ1v) is 10.9. The fraction of sp³-hybridized carbons (Fsp3) is 0.625. The summed E-state index contributed by atoms with van der Waals surface area (Å²) in [5, 5.41) is 6.66. The van der Waals surface area contributed by atoms with Gasteiger partial charge in [0.1, 0.15) is 0 Å². The van der Waals surface area contributed by atoms with Crippen molar-refractivity contribution >= 4 is 5.96 Å². The lowest BCUT2D eigenvalue weighted by molar-refractivity contribution is 0.128. The molecular formula is C24H41N5O. The standard InChI is InChI=1S/C24H41N5O/c1-19-17-28(5)13-10-21(19)9-8-20(2)27-23(25-4)26-16-22-18-29(6)14-11-24(22,3)12-15-30-7/h8-9,16H,2,10-15,17-18H2,1,3-7H3,(H2,25,26,27)/b9-8-,22-16+/t24-/m0/s1.